The summed E-state index contributed by atoms with van der Waals surface area (Å²) in [5.41, 5.74) is 9.61. The molecule has 0 spiro atoms. The van der Waals surface area contributed by atoms with Crippen LogP contribution in [0.15, 0.2) is 28.8 Å². The van der Waals surface area contributed by atoms with E-state index >= 15 is 0 Å². The Hall–Kier alpha value is -1.77. The molecule has 17 heavy (non-hydrogen) atoms. The monoisotopic (exact) mass is 230 g/mol. The minimum absolute atomic E-state index is 0.631. The normalized spacial score (nSPS) is 10.7. The highest BCUT2D eigenvalue weighted by atomic mass is 16.5. The van der Waals surface area contributed by atoms with E-state index in [1.165, 1.54) is 18.4 Å². The summed E-state index contributed by atoms with van der Waals surface area (Å²) in [5.74, 6) is 0.671. The van der Waals surface area contributed by atoms with Gasteiger partial charge in [-0.05, 0) is 25.3 Å². The van der Waals surface area contributed by atoms with E-state index in [-0.39, 0.29) is 0 Å². The maximum atomic E-state index is 5.90. The standard InChI is InChI=1S/C14H18N2O/c1-3-4-5-11-6-8-12(9-7-11)14-13(15)10(2)16-17-14/h6-9H,3-5,15H2,1-2H3. The summed E-state index contributed by atoms with van der Waals surface area (Å²) >= 11 is 0. The fraction of sp³-hybridized carbons (Fsp3) is 0.357. The van der Waals surface area contributed by atoms with Crippen LogP contribution in [-0.2, 0) is 6.42 Å². The molecule has 2 rings (SSSR count). The molecule has 1 heterocycles. The van der Waals surface area contributed by atoms with Crippen LogP contribution in [0.25, 0.3) is 11.3 Å². The van der Waals surface area contributed by atoms with Gasteiger partial charge in [-0.25, -0.2) is 0 Å². The number of aromatic nitrogens is 1. The molecule has 3 heteroatoms. The van der Waals surface area contributed by atoms with Gasteiger partial charge in [0, 0.05) is 5.56 Å². The highest BCUT2D eigenvalue weighted by molar-refractivity contribution is 5.72. The fourth-order valence-corrected chi connectivity index (χ4v) is 1.79. The number of nitrogens with two attached hydrogens (primary N) is 1. The summed E-state index contributed by atoms with van der Waals surface area (Å²) in [7, 11) is 0. The van der Waals surface area contributed by atoms with Crippen molar-refractivity contribution in [2.75, 3.05) is 5.73 Å². The molecule has 0 atom stereocenters. The largest absolute Gasteiger partial charge is 0.394 e. The number of nitrogen functional groups attached to an aromatic ring is 1. The molecule has 1 aromatic heterocycles. The van der Waals surface area contributed by atoms with E-state index in [1.54, 1.807) is 0 Å². The van der Waals surface area contributed by atoms with Crippen LogP contribution in [0.3, 0.4) is 0 Å². The molecule has 0 fully saturated rings. The summed E-state index contributed by atoms with van der Waals surface area (Å²) in [5, 5.41) is 3.86. The minimum Gasteiger partial charge on any atom is -0.394 e. The van der Waals surface area contributed by atoms with Crippen molar-refractivity contribution in [1.29, 1.82) is 0 Å². The zero-order valence-electron chi connectivity index (χ0n) is 10.4. The van der Waals surface area contributed by atoms with Gasteiger partial charge >= 0.3 is 0 Å². The van der Waals surface area contributed by atoms with Gasteiger partial charge in [0.1, 0.15) is 11.4 Å². The summed E-state index contributed by atoms with van der Waals surface area (Å²) in [6, 6.07) is 8.34. The second-order valence-electron chi connectivity index (χ2n) is 4.31. The van der Waals surface area contributed by atoms with E-state index in [0.29, 0.717) is 11.4 Å². The van der Waals surface area contributed by atoms with Crippen molar-refractivity contribution in [3.05, 3.63) is 35.5 Å². The second-order valence-corrected chi connectivity index (χ2v) is 4.31. The summed E-state index contributed by atoms with van der Waals surface area (Å²) in [6.07, 6.45) is 3.57. The fourth-order valence-electron chi connectivity index (χ4n) is 1.79. The Bertz CT molecular complexity index is 485. The molecule has 0 radical (unpaired) electrons. The first-order valence-electron chi connectivity index (χ1n) is 6.03. The Balaban J connectivity index is 2.20. The number of nitrogens with zero attached hydrogens (tertiary/aromatic N) is 1. The Kier molecular flexibility index (Phi) is 3.47. The van der Waals surface area contributed by atoms with Crippen LogP contribution in [0, 0.1) is 6.92 Å². The molecule has 90 valence electrons. The Morgan fingerprint density at radius 1 is 1.24 bits per heavy atom. The molecule has 0 saturated carbocycles. The first-order valence-corrected chi connectivity index (χ1v) is 6.03. The van der Waals surface area contributed by atoms with E-state index in [9.17, 15) is 0 Å². The molecule has 0 unspecified atom stereocenters. The van der Waals surface area contributed by atoms with Crippen LogP contribution < -0.4 is 5.73 Å². The highest BCUT2D eigenvalue weighted by Crippen LogP contribution is 2.28. The summed E-state index contributed by atoms with van der Waals surface area (Å²) in [4.78, 5) is 0. The quantitative estimate of drug-likeness (QED) is 0.873. The first kappa shape index (κ1) is 11.7. The summed E-state index contributed by atoms with van der Waals surface area (Å²) in [6.45, 7) is 4.05. The third-order valence-corrected chi connectivity index (χ3v) is 2.94. The Morgan fingerprint density at radius 3 is 2.47 bits per heavy atom. The molecule has 0 bridgehead atoms. The van der Waals surface area contributed by atoms with E-state index in [0.717, 1.165) is 17.7 Å². The molecule has 2 aromatic rings. The van der Waals surface area contributed by atoms with Crippen LogP contribution in [0.1, 0.15) is 31.0 Å². The van der Waals surface area contributed by atoms with Gasteiger partial charge < -0.3 is 10.3 Å². The van der Waals surface area contributed by atoms with Gasteiger partial charge in [0.2, 0.25) is 0 Å². The zero-order valence-corrected chi connectivity index (χ0v) is 10.4. The number of aryl methyl sites for hydroxylation is 2. The van der Waals surface area contributed by atoms with E-state index in [1.807, 2.05) is 19.1 Å². The average molecular weight is 230 g/mol. The lowest BCUT2D eigenvalue weighted by Crippen LogP contribution is -1.89. The maximum Gasteiger partial charge on any atom is 0.189 e. The van der Waals surface area contributed by atoms with Gasteiger partial charge in [-0.3, -0.25) is 0 Å². The van der Waals surface area contributed by atoms with Crippen molar-refractivity contribution in [2.24, 2.45) is 0 Å². The molecular formula is C14H18N2O. The Labute approximate surface area is 102 Å². The third kappa shape index (κ3) is 2.49. The molecule has 0 amide bonds. The molecule has 0 aliphatic carbocycles. The Morgan fingerprint density at radius 2 is 1.94 bits per heavy atom. The topological polar surface area (TPSA) is 52.0 Å². The van der Waals surface area contributed by atoms with Gasteiger partial charge in [0.15, 0.2) is 5.76 Å². The molecule has 0 saturated heterocycles. The van der Waals surface area contributed by atoms with E-state index in [2.05, 4.69) is 24.2 Å². The van der Waals surface area contributed by atoms with Gasteiger partial charge in [-0.2, -0.15) is 0 Å². The average Bonchev–Trinajstić information content (AvgIpc) is 2.68. The van der Waals surface area contributed by atoms with Gasteiger partial charge in [0.05, 0.1) is 0 Å². The number of hydrogen-bond donors (Lipinski definition) is 1. The molecule has 1 aromatic carbocycles. The SMILES string of the molecule is CCCCc1ccc(-c2onc(C)c2N)cc1. The van der Waals surface area contributed by atoms with Crippen molar-refractivity contribution in [3.63, 3.8) is 0 Å². The highest BCUT2D eigenvalue weighted by Gasteiger charge is 2.11. The van der Waals surface area contributed by atoms with E-state index < -0.39 is 0 Å². The summed E-state index contributed by atoms with van der Waals surface area (Å²) < 4.78 is 5.23. The number of rotatable bonds is 4. The van der Waals surface area contributed by atoms with Crippen molar-refractivity contribution >= 4 is 5.69 Å². The van der Waals surface area contributed by atoms with Crippen LogP contribution in [0.2, 0.25) is 0 Å². The zero-order chi connectivity index (χ0) is 12.3. The molecule has 0 aliphatic heterocycles. The first-order chi connectivity index (χ1) is 8.22. The van der Waals surface area contributed by atoms with Gasteiger partial charge in [-0.1, -0.05) is 42.8 Å². The maximum absolute atomic E-state index is 5.90. The minimum atomic E-state index is 0.631. The van der Waals surface area contributed by atoms with Crippen LogP contribution in [0.5, 0.6) is 0 Å². The molecule has 0 aliphatic rings. The van der Waals surface area contributed by atoms with Crippen molar-refractivity contribution in [2.45, 2.75) is 33.1 Å². The predicted octanol–water partition coefficient (Wildman–Crippen LogP) is 3.57. The third-order valence-electron chi connectivity index (χ3n) is 2.94. The van der Waals surface area contributed by atoms with Crippen LogP contribution >= 0.6 is 0 Å². The number of hydrogen-bond acceptors (Lipinski definition) is 3. The lowest BCUT2D eigenvalue weighted by Gasteiger charge is -2.01. The lowest BCUT2D eigenvalue weighted by molar-refractivity contribution is 0.427. The number of unbranched alkanes of at least 4 members (excludes halogenated alkanes) is 1. The lowest BCUT2D eigenvalue weighted by atomic mass is 10.0. The number of benzene rings is 1. The van der Waals surface area contributed by atoms with Gasteiger partial charge in [0.25, 0.3) is 0 Å². The van der Waals surface area contributed by atoms with Gasteiger partial charge in [-0.15, -0.1) is 0 Å². The second kappa shape index (κ2) is 5.04. The van der Waals surface area contributed by atoms with Crippen LogP contribution in [-0.4, -0.2) is 5.16 Å². The number of anilines is 1. The van der Waals surface area contributed by atoms with Crippen molar-refractivity contribution in [1.82, 2.24) is 5.16 Å². The van der Waals surface area contributed by atoms with Crippen LogP contribution in [0.4, 0.5) is 5.69 Å². The molecule has 3 nitrogen and oxygen atoms in total. The van der Waals surface area contributed by atoms with Crippen molar-refractivity contribution < 1.29 is 4.52 Å². The predicted molar refractivity (Wildman–Crippen MR) is 69.7 cm³/mol. The smallest absolute Gasteiger partial charge is 0.189 e. The molecular weight excluding hydrogens is 212 g/mol. The van der Waals surface area contributed by atoms with Crippen molar-refractivity contribution in [3.8, 4) is 11.3 Å². The van der Waals surface area contributed by atoms with E-state index in [4.69, 9.17) is 10.3 Å². The molecule has 2 N–H and O–H groups in total.